The molecule has 108 valence electrons. The van der Waals surface area contributed by atoms with Crippen LogP contribution in [0, 0.1) is 6.92 Å². The highest BCUT2D eigenvalue weighted by Gasteiger charge is 2.19. The maximum absolute atomic E-state index is 11.4. The first-order chi connectivity index (χ1) is 9.66. The number of carboxylic acids is 1. The minimum atomic E-state index is -0.812. The van der Waals surface area contributed by atoms with Gasteiger partial charge in [-0.15, -0.1) is 0 Å². The van der Waals surface area contributed by atoms with Gasteiger partial charge in [-0.25, -0.2) is 0 Å². The van der Waals surface area contributed by atoms with Gasteiger partial charge < -0.3 is 10.4 Å². The lowest BCUT2D eigenvalue weighted by atomic mass is 9.97. The molecule has 2 N–H and O–H groups in total. The smallest absolute Gasteiger partial charge is 0.325 e. The van der Waals surface area contributed by atoms with Crippen LogP contribution in [0.4, 0.5) is 0 Å². The number of carbonyl (C=O) groups is 1. The van der Waals surface area contributed by atoms with Crippen molar-refractivity contribution in [2.75, 3.05) is 6.54 Å². The molecular weight excluding hydrogens is 250 g/mol. The molecule has 0 spiro atoms. The van der Waals surface area contributed by atoms with Gasteiger partial charge in [-0.2, -0.15) is 0 Å². The molecule has 1 aromatic rings. The van der Waals surface area contributed by atoms with Crippen LogP contribution in [-0.2, 0) is 4.79 Å². The van der Waals surface area contributed by atoms with Crippen LogP contribution >= 0.6 is 0 Å². The van der Waals surface area contributed by atoms with E-state index in [2.05, 4.69) is 11.4 Å². The van der Waals surface area contributed by atoms with Crippen LogP contribution in [-0.4, -0.2) is 17.6 Å². The molecule has 0 aliphatic heterocycles. The number of benzene rings is 1. The van der Waals surface area contributed by atoms with E-state index in [-0.39, 0.29) is 0 Å². The van der Waals surface area contributed by atoms with Crippen LogP contribution in [0.25, 0.3) is 0 Å². The minimum Gasteiger partial charge on any atom is -0.480 e. The predicted octanol–water partition coefficient (Wildman–Crippen LogP) is 3.60. The lowest BCUT2D eigenvalue weighted by Crippen LogP contribution is -2.29. The third-order valence-corrected chi connectivity index (χ3v) is 3.80. The molecule has 0 heterocycles. The Balaban J connectivity index is 1.93. The van der Waals surface area contributed by atoms with E-state index in [1.165, 1.54) is 31.3 Å². The van der Waals surface area contributed by atoms with Gasteiger partial charge >= 0.3 is 5.97 Å². The fraction of sp³-hybridized carbons (Fsp3) is 0.471. The van der Waals surface area contributed by atoms with E-state index in [0.717, 1.165) is 24.1 Å². The lowest BCUT2D eigenvalue weighted by molar-refractivity contribution is -0.139. The van der Waals surface area contributed by atoms with E-state index in [4.69, 9.17) is 0 Å². The Morgan fingerprint density at radius 1 is 1.40 bits per heavy atom. The van der Waals surface area contributed by atoms with Crippen molar-refractivity contribution in [2.45, 2.75) is 45.1 Å². The molecule has 20 heavy (non-hydrogen) atoms. The van der Waals surface area contributed by atoms with Gasteiger partial charge in [0, 0.05) is 0 Å². The summed E-state index contributed by atoms with van der Waals surface area (Å²) in [7, 11) is 0. The Kier molecular flexibility index (Phi) is 5.36. The van der Waals surface area contributed by atoms with E-state index in [9.17, 15) is 9.90 Å². The number of allylic oxidation sites excluding steroid dienone is 1. The first-order valence-electron chi connectivity index (χ1n) is 7.37. The molecule has 0 radical (unpaired) electrons. The number of hydrogen-bond donors (Lipinski definition) is 2. The summed E-state index contributed by atoms with van der Waals surface area (Å²) in [5.74, 6) is -0.812. The van der Waals surface area contributed by atoms with E-state index in [0.29, 0.717) is 0 Å². The monoisotopic (exact) mass is 273 g/mol. The summed E-state index contributed by atoms with van der Waals surface area (Å²) in [6.45, 7) is 2.70. The van der Waals surface area contributed by atoms with Gasteiger partial charge in [-0.05, 0) is 51.1 Å². The molecule has 1 atom stereocenters. The number of rotatable bonds is 6. The van der Waals surface area contributed by atoms with Crippen LogP contribution in [0.5, 0.6) is 0 Å². The van der Waals surface area contributed by atoms with E-state index < -0.39 is 12.0 Å². The summed E-state index contributed by atoms with van der Waals surface area (Å²) in [6, 6.07) is 7.09. The lowest BCUT2D eigenvalue weighted by Gasteiger charge is -2.17. The molecule has 0 amide bonds. The highest BCUT2D eigenvalue weighted by Crippen LogP contribution is 2.20. The van der Waals surface area contributed by atoms with Crippen LogP contribution in [0.1, 0.15) is 49.3 Å². The number of aryl methyl sites for hydroxylation is 1. The Morgan fingerprint density at radius 3 is 2.90 bits per heavy atom. The second-order valence-electron chi connectivity index (χ2n) is 5.50. The van der Waals surface area contributed by atoms with Crippen molar-refractivity contribution < 1.29 is 9.90 Å². The van der Waals surface area contributed by atoms with Gasteiger partial charge in [-0.1, -0.05) is 41.5 Å². The quantitative estimate of drug-likeness (QED) is 0.779. The Bertz CT molecular complexity index is 494. The van der Waals surface area contributed by atoms with Crippen LogP contribution in [0.2, 0.25) is 0 Å². The van der Waals surface area contributed by atoms with Crippen LogP contribution in [0.3, 0.4) is 0 Å². The minimum absolute atomic E-state index is 0.612. The predicted molar refractivity (Wildman–Crippen MR) is 80.7 cm³/mol. The van der Waals surface area contributed by atoms with Gasteiger partial charge in [0.25, 0.3) is 0 Å². The summed E-state index contributed by atoms with van der Waals surface area (Å²) < 4.78 is 0. The normalized spacial score (nSPS) is 16.6. The largest absolute Gasteiger partial charge is 0.480 e. The zero-order valence-corrected chi connectivity index (χ0v) is 12.1. The second kappa shape index (κ2) is 7.25. The van der Waals surface area contributed by atoms with Gasteiger partial charge in [0.2, 0.25) is 0 Å². The molecule has 0 bridgehead atoms. The third kappa shape index (κ3) is 4.20. The fourth-order valence-electron chi connectivity index (χ4n) is 2.71. The molecule has 2 rings (SSSR count). The van der Waals surface area contributed by atoms with Crippen molar-refractivity contribution in [3.8, 4) is 0 Å². The average Bonchev–Trinajstić information content (AvgIpc) is 2.44. The molecule has 3 nitrogen and oxygen atoms in total. The Labute approximate surface area is 120 Å². The van der Waals surface area contributed by atoms with Gasteiger partial charge in [0.15, 0.2) is 0 Å². The maximum atomic E-state index is 11.4. The molecule has 0 saturated heterocycles. The highest BCUT2D eigenvalue weighted by molar-refractivity contribution is 5.75. The van der Waals surface area contributed by atoms with Crippen molar-refractivity contribution >= 4 is 5.97 Å². The maximum Gasteiger partial charge on any atom is 0.325 e. The first kappa shape index (κ1) is 14.8. The SMILES string of the molecule is Cc1cccc(C(NCCC2=CCCCC2)C(=O)O)c1. The molecule has 1 aliphatic carbocycles. The number of carboxylic acid groups (broad SMARTS) is 1. The highest BCUT2D eigenvalue weighted by atomic mass is 16.4. The molecule has 1 unspecified atom stereocenters. The van der Waals surface area contributed by atoms with E-state index >= 15 is 0 Å². The molecule has 0 aromatic heterocycles. The van der Waals surface area contributed by atoms with Crippen molar-refractivity contribution in [2.24, 2.45) is 0 Å². The molecular formula is C17H23NO2. The standard InChI is InChI=1S/C17H23NO2/c1-13-6-5-9-15(12-13)16(17(19)20)18-11-10-14-7-3-2-4-8-14/h5-7,9,12,16,18H,2-4,8,10-11H2,1H3,(H,19,20). The van der Waals surface area contributed by atoms with E-state index in [1.807, 2.05) is 31.2 Å². The Hall–Kier alpha value is -1.61. The third-order valence-electron chi connectivity index (χ3n) is 3.80. The number of aliphatic carboxylic acids is 1. The molecule has 1 aliphatic rings. The van der Waals surface area contributed by atoms with Gasteiger partial charge in [-0.3, -0.25) is 4.79 Å². The Morgan fingerprint density at radius 2 is 2.25 bits per heavy atom. The van der Waals surface area contributed by atoms with Gasteiger partial charge in [0.1, 0.15) is 6.04 Å². The fourth-order valence-corrected chi connectivity index (χ4v) is 2.71. The zero-order chi connectivity index (χ0) is 14.4. The molecule has 1 aromatic carbocycles. The van der Waals surface area contributed by atoms with Crippen molar-refractivity contribution in [3.63, 3.8) is 0 Å². The number of hydrogen-bond acceptors (Lipinski definition) is 2. The summed E-state index contributed by atoms with van der Waals surface area (Å²) >= 11 is 0. The van der Waals surface area contributed by atoms with Crippen molar-refractivity contribution in [3.05, 3.63) is 47.0 Å². The topological polar surface area (TPSA) is 49.3 Å². The summed E-state index contributed by atoms with van der Waals surface area (Å²) in [5.41, 5.74) is 3.39. The van der Waals surface area contributed by atoms with Crippen molar-refractivity contribution in [1.82, 2.24) is 5.32 Å². The summed E-state index contributed by atoms with van der Waals surface area (Å²) in [6.07, 6.45) is 8.17. The second-order valence-corrected chi connectivity index (χ2v) is 5.50. The van der Waals surface area contributed by atoms with Crippen molar-refractivity contribution in [1.29, 1.82) is 0 Å². The molecule has 0 saturated carbocycles. The summed E-state index contributed by atoms with van der Waals surface area (Å²) in [4.78, 5) is 11.4. The molecule has 3 heteroatoms. The number of nitrogens with one attached hydrogen (secondary N) is 1. The summed E-state index contributed by atoms with van der Waals surface area (Å²) in [5, 5.41) is 12.5. The van der Waals surface area contributed by atoms with E-state index in [1.54, 1.807) is 0 Å². The van der Waals surface area contributed by atoms with Crippen LogP contribution < -0.4 is 5.32 Å². The first-order valence-corrected chi connectivity index (χ1v) is 7.37. The zero-order valence-electron chi connectivity index (χ0n) is 12.1. The van der Waals surface area contributed by atoms with Gasteiger partial charge in [0.05, 0.1) is 0 Å². The van der Waals surface area contributed by atoms with Crippen LogP contribution in [0.15, 0.2) is 35.9 Å². The average molecular weight is 273 g/mol. The molecule has 0 fully saturated rings.